The third-order valence-corrected chi connectivity index (χ3v) is 5.00. The molecule has 1 N–H and O–H groups in total. The smallest absolute Gasteiger partial charge is 0.106 e. The first-order valence-electron chi connectivity index (χ1n) is 10.0. The molecular formula is C28H28O. The molecule has 0 saturated heterocycles. The van der Waals surface area contributed by atoms with Crippen molar-refractivity contribution >= 4 is 11.1 Å². The fourth-order valence-electron chi connectivity index (χ4n) is 3.35. The molecule has 3 rings (SSSR count). The van der Waals surface area contributed by atoms with Gasteiger partial charge in [0.1, 0.15) is 5.60 Å². The number of benzene rings is 2. The van der Waals surface area contributed by atoms with E-state index < -0.39 is 5.60 Å². The summed E-state index contributed by atoms with van der Waals surface area (Å²) in [4.78, 5) is 0. The third-order valence-electron chi connectivity index (χ3n) is 5.00. The fraction of sp³-hybridized carbons (Fsp3) is 0.143. The highest BCUT2D eigenvalue weighted by Crippen LogP contribution is 2.31. The van der Waals surface area contributed by atoms with E-state index >= 15 is 0 Å². The number of rotatable bonds is 6. The van der Waals surface area contributed by atoms with Crippen molar-refractivity contribution < 1.29 is 5.11 Å². The van der Waals surface area contributed by atoms with Gasteiger partial charge in [0, 0.05) is 0 Å². The molecule has 0 amide bonds. The van der Waals surface area contributed by atoms with E-state index in [1.54, 1.807) is 0 Å². The average Bonchev–Trinajstić information content (AvgIpc) is 3.03. The molecule has 0 spiro atoms. The Morgan fingerprint density at radius 1 is 0.931 bits per heavy atom. The lowest BCUT2D eigenvalue weighted by molar-refractivity contribution is 0.111. The first-order chi connectivity index (χ1) is 14.1. The van der Waals surface area contributed by atoms with Crippen molar-refractivity contribution in [3.8, 4) is 0 Å². The molecule has 0 saturated carbocycles. The van der Waals surface area contributed by atoms with Gasteiger partial charge >= 0.3 is 0 Å². The molecule has 0 aliphatic heterocycles. The molecule has 2 aromatic carbocycles. The van der Waals surface area contributed by atoms with Gasteiger partial charge in [-0.25, -0.2) is 0 Å². The second-order valence-electron chi connectivity index (χ2n) is 7.34. The summed E-state index contributed by atoms with van der Waals surface area (Å²) in [5.41, 5.74) is 4.45. The van der Waals surface area contributed by atoms with Crippen LogP contribution in [0.25, 0.3) is 11.1 Å². The van der Waals surface area contributed by atoms with Crippen molar-refractivity contribution in [2.75, 3.05) is 0 Å². The zero-order chi connectivity index (χ0) is 20.5. The van der Waals surface area contributed by atoms with Crippen LogP contribution in [0, 0.1) is 0 Å². The Balaban J connectivity index is 1.77. The molecule has 146 valence electrons. The highest BCUT2D eigenvalue weighted by molar-refractivity contribution is 5.77. The van der Waals surface area contributed by atoms with Crippen LogP contribution in [0.3, 0.4) is 0 Å². The van der Waals surface area contributed by atoms with Crippen molar-refractivity contribution in [2.45, 2.75) is 25.9 Å². The van der Waals surface area contributed by atoms with E-state index in [1.807, 2.05) is 73.7 Å². The second kappa shape index (κ2) is 9.86. The topological polar surface area (TPSA) is 20.2 Å². The van der Waals surface area contributed by atoms with Crippen LogP contribution in [0.4, 0.5) is 0 Å². The Hall–Kier alpha value is -3.16. The number of hydrogen-bond acceptors (Lipinski definition) is 1. The normalized spacial score (nSPS) is 16.8. The van der Waals surface area contributed by atoms with E-state index in [2.05, 4.69) is 55.5 Å². The van der Waals surface area contributed by atoms with E-state index in [-0.39, 0.29) is 0 Å². The van der Waals surface area contributed by atoms with Gasteiger partial charge in [-0.05, 0) is 54.2 Å². The molecule has 1 unspecified atom stereocenters. The largest absolute Gasteiger partial charge is 0.381 e. The summed E-state index contributed by atoms with van der Waals surface area (Å²) in [6.45, 7) is 3.93. The number of hydrogen-bond donors (Lipinski definition) is 1. The summed E-state index contributed by atoms with van der Waals surface area (Å²) >= 11 is 0. The van der Waals surface area contributed by atoms with Gasteiger partial charge in [0.05, 0.1) is 0 Å². The van der Waals surface area contributed by atoms with E-state index in [0.29, 0.717) is 0 Å². The highest BCUT2D eigenvalue weighted by Gasteiger charge is 2.23. The summed E-state index contributed by atoms with van der Waals surface area (Å²) < 4.78 is 0. The lowest BCUT2D eigenvalue weighted by Crippen LogP contribution is -2.19. The monoisotopic (exact) mass is 380 g/mol. The quantitative estimate of drug-likeness (QED) is 0.534. The van der Waals surface area contributed by atoms with E-state index in [9.17, 15) is 5.11 Å². The minimum atomic E-state index is -1.06. The average molecular weight is 381 g/mol. The summed E-state index contributed by atoms with van der Waals surface area (Å²) in [7, 11) is 0. The van der Waals surface area contributed by atoms with Crippen molar-refractivity contribution in [1.29, 1.82) is 0 Å². The Morgan fingerprint density at radius 2 is 1.69 bits per heavy atom. The number of allylic oxidation sites excluding steroid dienone is 11. The van der Waals surface area contributed by atoms with Gasteiger partial charge in [-0.15, -0.1) is 0 Å². The summed E-state index contributed by atoms with van der Waals surface area (Å²) in [6, 6.07) is 18.4. The maximum Gasteiger partial charge on any atom is 0.106 e. The lowest BCUT2D eigenvalue weighted by atomic mass is 9.87. The Kier molecular flexibility index (Phi) is 6.99. The Bertz CT molecular complexity index is 996. The molecule has 1 nitrogen and oxygen atoms in total. The zero-order valence-electron chi connectivity index (χ0n) is 17.1. The van der Waals surface area contributed by atoms with E-state index in [1.165, 1.54) is 11.1 Å². The first kappa shape index (κ1) is 20.6. The van der Waals surface area contributed by atoms with E-state index in [4.69, 9.17) is 0 Å². The van der Waals surface area contributed by atoms with Gasteiger partial charge in [-0.2, -0.15) is 0 Å². The predicted molar refractivity (Wildman–Crippen MR) is 125 cm³/mol. The van der Waals surface area contributed by atoms with Crippen LogP contribution >= 0.6 is 0 Å². The third kappa shape index (κ3) is 5.66. The lowest BCUT2D eigenvalue weighted by Gasteiger charge is -2.23. The molecule has 0 radical (unpaired) electrons. The van der Waals surface area contributed by atoms with Crippen LogP contribution in [0.1, 0.15) is 37.0 Å². The summed E-state index contributed by atoms with van der Waals surface area (Å²) in [6.07, 6.45) is 21.2. The standard InChI is InChI=1S/C28H28O/c1-23(24-16-10-5-11-17-24)15-7-6-14-22-28(2,29)27-21-13-12-20-26(27)25-18-8-3-4-9-19-25/h3-8,10-22,29H,9H2,1-2H3/b7-6-,22-14+,23-15+. The molecular weight excluding hydrogens is 352 g/mol. The van der Waals surface area contributed by atoms with Crippen LogP contribution in [0.2, 0.25) is 0 Å². The van der Waals surface area contributed by atoms with Gasteiger partial charge in [0.15, 0.2) is 0 Å². The molecule has 0 fully saturated rings. The van der Waals surface area contributed by atoms with Gasteiger partial charge in [0.25, 0.3) is 0 Å². The molecule has 0 bridgehead atoms. The molecule has 0 aromatic heterocycles. The van der Waals surface area contributed by atoms with Crippen LogP contribution in [0.5, 0.6) is 0 Å². The van der Waals surface area contributed by atoms with Gasteiger partial charge in [-0.3, -0.25) is 0 Å². The minimum Gasteiger partial charge on any atom is -0.381 e. The van der Waals surface area contributed by atoms with Gasteiger partial charge in [0.2, 0.25) is 0 Å². The van der Waals surface area contributed by atoms with Crippen LogP contribution in [-0.4, -0.2) is 5.11 Å². The maximum absolute atomic E-state index is 11.2. The van der Waals surface area contributed by atoms with Gasteiger partial charge in [-0.1, -0.05) is 109 Å². The molecule has 1 aliphatic rings. The summed E-state index contributed by atoms with van der Waals surface area (Å²) in [5.74, 6) is 0. The van der Waals surface area contributed by atoms with Crippen molar-refractivity contribution in [3.63, 3.8) is 0 Å². The number of aliphatic hydroxyl groups is 1. The van der Waals surface area contributed by atoms with Crippen molar-refractivity contribution in [3.05, 3.63) is 132 Å². The van der Waals surface area contributed by atoms with Crippen LogP contribution in [-0.2, 0) is 5.60 Å². The fourth-order valence-corrected chi connectivity index (χ4v) is 3.35. The molecule has 1 aliphatic carbocycles. The van der Waals surface area contributed by atoms with Crippen molar-refractivity contribution in [1.82, 2.24) is 0 Å². The highest BCUT2D eigenvalue weighted by atomic mass is 16.3. The minimum absolute atomic E-state index is 0.893. The maximum atomic E-state index is 11.2. The Labute approximate surface area is 174 Å². The molecule has 1 atom stereocenters. The SMILES string of the molecule is C\C(=C/C=C\C=C\C(C)(O)c1ccccc1C1=CCC=CC=C1)c1ccccc1. The summed E-state index contributed by atoms with van der Waals surface area (Å²) in [5, 5.41) is 11.2. The molecule has 0 heterocycles. The zero-order valence-corrected chi connectivity index (χ0v) is 17.1. The van der Waals surface area contributed by atoms with E-state index in [0.717, 1.165) is 23.1 Å². The predicted octanol–water partition coefficient (Wildman–Crippen LogP) is 7.01. The van der Waals surface area contributed by atoms with Gasteiger partial charge < -0.3 is 5.11 Å². The Morgan fingerprint density at radius 3 is 2.52 bits per heavy atom. The van der Waals surface area contributed by atoms with Crippen LogP contribution < -0.4 is 0 Å². The van der Waals surface area contributed by atoms with Crippen LogP contribution in [0.15, 0.2) is 115 Å². The molecule has 1 heteroatoms. The van der Waals surface area contributed by atoms with Crippen molar-refractivity contribution in [2.24, 2.45) is 0 Å². The second-order valence-corrected chi connectivity index (χ2v) is 7.34. The molecule has 29 heavy (non-hydrogen) atoms. The molecule has 2 aromatic rings. The first-order valence-corrected chi connectivity index (χ1v) is 10.0.